The van der Waals surface area contributed by atoms with E-state index in [1.807, 2.05) is 0 Å². The van der Waals surface area contributed by atoms with Crippen molar-refractivity contribution in [2.75, 3.05) is 17.8 Å². The number of nitrogens with one attached hydrogen (secondary N) is 3. The van der Waals surface area contributed by atoms with Gasteiger partial charge in [0.25, 0.3) is 0 Å². The molecule has 0 aliphatic heterocycles. The summed E-state index contributed by atoms with van der Waals surface area (Å²) < 4.78 is 0. The number of aliphatic hydroxyl groups is 1. The fourth-order valence-electron chi connectivity index (χ4n) is 2.34. The largest absolute Gasteiger partial charge is 0.480 e. The molecule has 0 heterocycles. The number of nitrogens with two attached hydrogens (primary N) is 2. The molecule has 0 rings (SSSR count). The molecule has 178 valence electrons. The molecule has 12 nitrogen and oxygen atoms in total. The van der Waals surface area contributed by atoms with Gasteiger partial charge >= 0.3 is 5.97 Å². The average molecular weight is 482 g/mol. The minimum atomic E-state index is -1.62. The SMILES string of the molecule is CSCCC(NC(=O)C(N)CS)C(=O)NC(CCC(N)=O)C(=O)NC(C(=O)O)C(C)O. The summed E-state index contributed by atoms with van der Waals surface area (Å²) in [6.45, 7) is 1.18. The van der Waals surface area contributed by atoms with E-state index in [9.17, 15) is 29.1 Å². The van der Waals surface area contributed by atoms with Gasteiger partial charge in [-0.2, -0.15) is 24.4 Å². The summed E-state index contributed by atoms with van der Waals surface area (Å²) in [5.74, 6) is -3.89. The van der Waals surface area contributed by atoms with E-state index >= 15 is 0 Å². The van der Waals surface area contributed by atoms with Crippen LogP contribution in [-0.2, 0) is 24.0 Å². The quantitative estimate of drug-likeness (QED) is 0.113. The molecule has 0 aliphatic rings. The molecule has 0 fully saturated rings. The predicted molar refractivity (Wildman–Crippen MR) is 118 cm³/mol. The highest BCUT2D eigenvalue weighted by Crippen LogP contribution is 2.05. The number of aliphatic carboxylic acids is 1. The highest BCUT2D eigenvalue weighted by Gasteiger charge is 2.31. The summed E-state index contributed by atoms with van der Waals surface area (Å²) in [6, 6.07) is -4.92. The molecule has 14 heteroatoms. The summed E-state index contributed by atoms with van der Waals surface area (Å²) in [7, 11) is 0. The minimum absolute atomic E-state index is 0.0578. The lowest BCUT2D eigenvalue weighted by molar-refractivity contribution is -0.145. The van der Waals surface area contributed by atoms with Crippen LogP contribution in [0.5, 0.6) is 0 Å². The first-order chi connectivity index (χ1) is 14.4. The van der Waals surface area contributed by atoms with Gasteiger partial charge in [0.15, 0.2) is 6.04 Å². The molecule has 5 unspecified atom stereocenters. The van der Waals surface area contributed by atoms with Gasteiger partial charge in [-0.05, 0) is 31.8 Å². The standard InChI is InChI=1S/C17H31N5O7S2/c1-8(23)13(17(28)29)22-16(27)10(3-4-12(19)24)21-15(26)11(5-6-31-2)20-14(25)9(18)7-30/h8-11,13,23,30H,3-7,18H2,1-2H3,(H2,19,24)(H,20,25)(H,21,26)(H,22,27)(H,28,29). The van der Waals surface area contributed by atoms with Crippen molar-refractivity contribution < 1.29 is 34.2 Å². The van der Waals surface area contributed by atoms with Gasteiger partial charge in [0, 0.05) is 12.2 Å². The first-order valence-corrected chi connectivity index (χ1v) is 11.4. The zero-order valence-corrected chi connectivity index (χ0v) is 19.1. The molecule has 0 aromatic heterocycles. The molecule has 31 heavy (non-hydrogen) atoms. The third-order valence-corrected chi connectivity index (χ3v) is 5.17. The Labute approximate surface area is 190 Å². The first-order valence-electron chi connectivity index (χ1n) is 9.40. The molecule has 0 aromatic carbocycles. The van der Waals surface area contributed by atoms with Gasteiger partial charge in [-0.1, -0.05) is 0 Å². The Kier molecular flexibility index (Phi) is 13.9. The number of thiol groups is 1. The van der Waals surface area contributed by atoms with E-state index in [4.69, 9.17) is 16.6 Å². The van der Waals surface area contributed by atoms with Gasteiger partial charge in [-0.25, -0.2) is 4.79 Å². The van der Waals surface area contributed by atoms with Crippen molar-refractivity contribution in [3.8, 4) is 0 Å². The Morgan fingerprint density at radius 1 is 1.00 bits per heavy atom. The van der Waals surface area contributed by atoms with E-state index in [0.717, 1.165) is 0 Å². The summed E-state index contributed by atoms with van der Waals surface area (Å²) in [5.41, 5.74) is 10.7. The Morgan fingerprint density at radius 3 is 1.97 bits per heavy atom. The lowest BCUT2D eigenvalue weighted by atomic mass is 10.1. The molecule has 4 amide bonds. The highest BCUT2D eigenvalue weighted by atomic mass is 32.2. The minimum Gasteiger partial charge on any atom is -0.480 e. The van der Waals surface area contributed by atoms with Crippen LogP contribution in [-0.4, -0.2) is 87.8 Å². The van der Waals surface area contributed by atoms with Crippen LogP contribution in [0.1, 0.15) is 26.2 Å². The van der Waals surface area contributed by atoms with E-state index in [1.54, 1.807) is 6.26 Å². The maximum absolute atomic E-state index is 12.8. The lowest BCUT2D eigenvalue weighted by Gasteiger charge is -2.25. The van der Waals surface area contributed by atoms with Gasteiger partial charge < -0.3 is 37.6 Å². The number of hydrogen-bond acceptors (Lipinski definition) is 9. The van der Waals surface area contributed by atoms with Gasteiger partial charge in [-0.3, -0.25) is 19.2 Å². The van der Waals surface area contributed by atoms with Crippen molar-refractivity contribution in [3.05, 3.63) is 0 Å². The molecule has 0 saturated heterocycles. The van der Waals surface area contributed by atoms with Crippen molar-refractivity contribution in [2.24, 2.45) is 11.5 Å². The van der Waals surface area contributed by atoms with Gasteiger partial charge in [0.2, 0.25) is 23.6 Å². The van der Waals surface area contributed by atoms with E-state index in [-0.39, 0.29) is 25.0 Å². The number of carbonyl (C=O) groups excluding carboxylic acids is 4. The number of thioether (sulfide) groups is 1. The first kappa shape index (κ1) is 29.0. The second-order valence-electron chi connectivity index (χ2n) is 6.76. The van der Waals surface area contributed by atoms with Crippen molar-refractivity contribution in [2.45, 2.75) is 56.5 Å². The van der Waals surface area contributed by atoms with Crippen molar-refractivity contribution in [1.29, 1.82) is 0 Å². The molecule has 9 N–H and O–H groups in total. The molecule has 0 bridgehead atoms. The van der Waals surface area contributed by atoms with Gasteiger partial charge in [0.1, 0.15) is 12.1 Å². The number of aliphatic hydroxyl groups excluding tert-OH is 1. The smallest absolute Gasteiger partial charge is 0.328 e. The number of amides is 4. The molecule has 0 aliphatic carbocycles. The summed E-state index contributed by atoms with van der Waals surface area (Å²) in [4.78, 5) is 59.7. The fourth-order valence-corrected chi connectivity index (χ4v) is 2.97. The zero-order valence-electron chi connectivity index (χ0n) is 17.4. The topological polar surface area (TPSA) is 214 Å². The van der Waals surface area contributed by atoms with Crippen molar-refractivity contribution in [1.82, 2.24) is 16.0 Å². The third-order valence-electron chi connectivity index (χ3n) is 4.14. The van der Waals surface area contributed by atoms with E-state index in [0.29, 0.717) is 5.75 Å². The third kappa shape index (κ3) is 11.2. The van der Waals surface area contributed by atoms with Crippen LogP contribution in [0, 0.1) is 0 Å². The molecular weight excluding hydrogens is 450 g/mol. The van der Waals surface area contributed by atoms with E-state index in [2.05, 4.69) is 28.6 Å². The Hall–Kier alpha value is -2.03. The van der Waals surface area contributed by atoms with Crippen LogP contribution in [0.3, 0.4) is 0 Å². The number of rotatable bonds is 15. The van der Waals surface area contributed by atoms with Crippen LogP contribution >= 0.6 is 24.4 Å². The molecular formula is C17H31N5O7S2. The molecule has 5 atom stereocenters. The fraction of sp³-hybridized carbons (Fsp3) is 0.706. The molecule has 0 radical (unpaired) electrons. The van der Waals surface area contributed by atoms with Crippen molar-refractivity contribution in [3.63, 3.8) is 0 Å². The number of primary amides is 1. The second kappa shape index (κ2) is 14.9. The Balaban J connectivity index is 5.47. The number of hydrogen-bond donors (Lipinski definition) is 8. The average Bonchev–Trinajstić information content (AvgIpc) is 2.70. The number of carbonyl (C=O) groups is 5. The maximum atomic E-state index is 12.8. The summed E-state index contributed by atoms with van der Waals surface area (Å²) in [5, 5.41) is 25.7. The molecule has 0 spiro atoms. The van der Waals surface area contributed by atoms with Gasteiger partial charge in [0.05, 0.1) is 12.1 Å². The van der Waals surface area contributed by atoms with Crippen LogP contribution in [0.2, 0.25) is 0 Å². The monoisotopic (exact) mass is 481 g/mol. The summed E-state index contributed by atoms with van der Waals surface area (Å²) in [6.07, 6.45) is 0.148. The number of carboxylic acid groups (broad SMARTS) is 1. The van der Waals surface area contributed by atoms with Crippen LogP contribution in [0.25, 0.3) is 0 Å². The Morgan fingerprint density at radius 2 is 1.52 bits per heavy atom. The normalized spacial score (nSPS) is 15.6. The van der Waals surface area contributed by atoms with Crippen LogP contribution in [0.4, 0.5) is 0 Å². The lowest BCUT2D eigenvalue weighted by Crippen LogP contribution is -2.58. The molecule has 0 saturated carbocycles. The zero-order chi connectivity index (χ0) is 24.1. The number of carboxylic acids is 1. The van der Waals surface area contributed by atoms with Crippen molar-refractivity contribution >= 4 is 54.0 Å². The van der Waals surface area contributed by atoms with E-state index < -0.39 is 59.9 Å². The maximum Gasteiger partial charge on any atom is 0.328 e. The van der Waals surface area contributed by atoms with E-state index in [1.165, 1.54) is 18.7 Å². The van der Waals surface area contributed by atoms with Gasteiger partial charge in [-0.15, -0.1) is 0 Å². The van der Waals surface area contributed by atoms with Crippen LogP contribution in [0.15, 0.2) is 0 Å². The predicted octanol–water partition coefficient (Wildman–Crippen LogP) is -2.82. The highest BCUT2D eigenvalue weighted by molar-refractivity contribution is 7.98. The Bertz CT molecular complexity index is 650. The second-order valence-corrected chi connectivity index (χ2v) is 8.11. The summed E-state index contributed by atoms with van der Waals surface area (Å²) >= 11 is 5.37. The molecule has 0 aromatic rings. The van der Waals surface area contributed by atoms with Crippen LogP contribution < -0.4 is 27.4 Å².